The third-order valence-corrected chi connectivity index (χ3v) is 4.66. The van der Waals surface area contributed by atoms with Gasteiger partial charge in [0.2, 0.25) is 5.16 Å². The van der Waals surface area contributed by atoms with Crippen LogP contribution in [0.4, 0.5) is 10.1 Å². The van der Waals surface area contributed by atoms with Gasteiger partial charge in [-0.15, -0.1) is 5.10 Å². The molecule has 0 saturated heterocycles. The van der Waals surface area contributed by atoms with Crippen LogP contribution in [0.15, 0.2) is 47.6 Å². The molecule has 3 aromatic rings. The molecule has 3 rings (SSSR count). The van der Waals surface area contributed by atoms with Crippen molar-refractivity contribution in [3.63, 3.8) is 0 Å². The van der Waals surface area contributed by atoms with E-state index in [9.17, 15) is 9.18 Å². The lowest BCUT2D eigenvalue weighted by Crippen LogP contribution is -2.14. The van der Waals surface area contributed by atoms with Gasteiger partial charge in [-0.3, -0.25) is 4.79 Å². The number of carbonyl (C=O) groups excluding carboxylic acids is 1. The van der Waals surface area contributed by atoms with Crippen LogP contribution in [0.5, 0.6) is 0 Å². The molecule has 6 nitrogen and oxygen atoms in total. The highest BCUT2D eigenvalue weighted by Gasteiger charge is 2.12. The molecule has 1 amide bonds. The molecule has 2 aromatic carbocycles. The molecule has 0 fully saturated rings. The van der Waals surface area contributed by atoms with Gasteiger partial charge in [0.05, 0.1) is 11.3 Å². The number of halogens is 2. The Morgan fingerprint density at radius 1 is 1.29 bits per heavy atom. The number of rotatable bonds is 4. The van der Waals surface area contributed by atoms with Crippen molar-refractivity contribution in [1.29, 1.82) is 0 Å². The first-order valence-electron chi connectivity index (χ1n) is 6.77. The van der Waals surface area contributed by atoms with Crippen molar-refractivity contribution < 1.29 is 9.18 Å². The van der Waals surface area contributed by atoms with Gasteiger partial charge in [-0.2, -0.15) is 4.68 Å². The molecule has 1 aromatic heterocycles. The summed E-state index contributed by atoms with van der Waals surface area (Å²) in [6.07, 6.45) is 1.88. The van der Waals surface area contributed by atoms with Crippen molar-refractivity contribution in [2.75, 3.05) is 11.6 Å². The van der Waals surface area contributed by atoms with E-state index in [1.807, 2.05) is 34.9 Å². The second-order valence-corrected chi connectivity index (χ2v) is 6.64. The quantitative estimate of drug-likeness (QED) is 0.483. The first kappa shape index (κ1) is 16.8. The van der Waals surface area contributed by atoms with Crippen LogP contribution in [0.25, 0.3) is 5.69 Å². The van der Waals surface area contributed by atoms with E-state index in [-0.39, 0.29) is 11.7 Å². The Labute approximate surface area is 155 Å². The molecule has 24 heavy (non-hydrogen) atoms. The van der Waals surface area contributed by atoms with Crippen LogP contribution in [-0.4, -0.2) is 32.4 Å². The number of nitrogens with one attached hydrogen (secondary N) is 1. The van der Waals surface area contributed by atoms with Crippen molar-refractivity contribution in [3.05, 3.63) is 57.4 Å². The Morgan fingerprint density at radius 3 is 2.88 bits per heavy atom. The Morgan fingerprint density at radius 2 is 2.12 bits per heavy atom. The summed E-state index contributed by atoms with van der Waals surface area (Å²) in [5.41, 5.74) is 1.74. The van der Waals surface area contributed by atoms with E-state index in [4.69, 9.17) is 0 Å². The minimum atomic E-state index is -0.374. The summed E-state index contributed by atoms with van der Waals surface area (Å²) in [5, 5.41) is 14.9. The van der Waals surface area contributed by atoms with Crippen LogP contribution in [0.3, 0.4) is 0 Å². The minimum absolute atomic E-state index is 0.307. The zero-order chi connectivity index (χ0) is 17.1. The summed E-state index contributed by atoms with van der Waals surface area (Å²) >= 11 is 3.35. The van der Waals surface area contributed by atoms with Gasteiger partial charge in [-0.1, -0.05) is 17.8 Å². The number of amides is 1. The zero-order valence-electron chi connectivity index (χ0n) is 12.4. The van der Waals surface area contributed by atoms with Crippen molar-refractivity contribution >= 4 is 45.9 Å². The van der Waals surface area contributed by atoms with Crippen molar-refractivity contribution in [2.45, 2.75) is 5.16 Å². The first-order valence-corrected chi connectivity index (χ1v) is 9.08. The molecule has 0 aliphatic rings. The van der Waals surface area contributed by atoms with Crippen LogP contribution in [0.2, 0.25) is 0 Å². The highest BCUT2D eigenvalue weighted by atomic mass is 127. The summed E-state index contributed by atoms with van der Waals surface area (Å²) in [7, 11) is 0. The van der Waals surface area contributed by atoms with Gasteiger partial charge in [-0.05, 0) is 75.7 Å². The highest BCUT2D eigenvalue weighted by molar-refractivity contribution is 14.1. The minimum Gasteiger partial charge on any atom is -0.322 e. The average Bonchev–Trinajstić information content (AvgIpc) is 3.03. The SMILES string of the molecule is CSc1nnnn1-c1cccc(NC(=O)c2ccc(F)cc2I)c1. The monoisotopic (exact) mass is 455 g/mol. The topological polar surface area (TPSA) is 72.7 Å². The summed E-state index contributed by atoms with van der Waals surface area (Å²) in [4.78, 5) is 12.4. The number of carbonyl (C=O) groups is 1. The molecule has 0 radical (unpaired) electrons. The van der Waals surface area contributed by atoms with E-state index < -0.39 is 0 Å². The Bertz CT molecular complexity index is 901. The lowest BCUT2D eigenvalue weighted by molar-refractivity contribution is 0.102. The number of benzene rings is 2. The molecule has 0 saturated carbocycles. The largest absolute Gasteiger partial charge is 0.322 e. The smallest absolute Gasteiger partial charge is 0.256 e. The number of thioether (sulfide) groups is 1. The maximum absolute atomic E-state index is 13.2. The number of hydrogen-bond donors (Lipinski definition) is 1. The lowest BCUT2D eigenvalue weighted by atomic mass is 10.2. The molecule has 0 unspecified atom stereocenters. The van der Waals surface area contributed by atoms with E-state index in [1.165, 1.54) is 30.0 Å². The molecule has 122 valence electrons. The standard InChI is InChI=1S/C15H11FIN5OS/c1-24-15-19-20-21-22(15)11-4-2-3-10(8-11)18-14(23)12-6-5-9(16)7-13(12)17/h2-8H,1H3,(H,18,23). The fraction of sp³-hybridized carbons (Fsp3) is 0.0667. The van der Waals surface area contributed by atoms with Crippen LogP contribution < -0.4 is 5.32 Å². The zero-order valence-corrected chi connectivity index (χ0v) is 15.4. The molecule has 1 N–H and O–H groups in total. The molecular weight excluding hydrogens is 444 g/mol. The number of hydrogen-bond acceptors (Lipinski definition) is 5. The van der Waals surface area contributed by atoms with Crippen LogP contribution in [0, 0.1) is 9.39 Å². The van der Waals surface area contributed by atoms with Gasteiger partial charge >= 0.3 is 0 Å². The second kappa shape index (κ2) is 7.26. The Kier molecular flexibility index (Phi) is 5.09. The number of nitrogens with zero attached hydrogens (tertiary/aromatic N) is 4. The summed E-state index contributed by atoms with van der Waals surface area (Å²) in [6, 6.07) is 11.2. The van der Waals surface area contributed by atoms with Crippen molar-refractivity contribution in [1.82, 2.24) is 20.2 Å². The molecular formula is C15H11FIN5OS. The lowest BCUT2D eigenvalue weighted by Gasteiger charge is -2.09. The molecule has 0 spiro atoms. The first-order chi connectivity index (χ1) is 11.6. The van der Waals surface area contributed by atoms with Crippen molar-refractivity contribution in [2.24, 2.45) is 0 Å². The van der Waals surface area contributed by atoms with Gasteiger partial charge in [-0.25, -0.2) is 4.39 Å². The molecule has 0 atom stereocenters. The summed E-state index contributed by atoms with van der Waals surface area (Å²) in [6.45, 7) is 0. The maximum Gasteiger partial charge on any atom is 0.256 e. The summed E-state index contributed by atoms with van der Waals surface area (Å²) < 4.78 is 15.3. The normalized spacial score (nSPS) is 10.6. The fourth-order valence-electron chi connectivity index (χ4n) is 2.06. The predicted octanol–water partition coefficient (Wildman–Crippen LogP) is 3.38. The third-order valence-electron chi connectivity index (χ3n) is 3.15. The second-order valence-electron chi connectivity index (χ2n) is 4.71. The van der Waals surface area contributed by atoms with Crippen LogP contribution in [-0.2, 0) is 0 Å². The number of anilines is 1. The summed E-state index contributed by atoms with van der Waals surface area (Å²) in [5.74, 6) is -0.681. The molecule has 0 aliphatic carbocycles. The predicted molar refractivity (Wildman–Crippen MR) is 98.0 cm³/mol. The molecule has 9 heteroatoms. The van der Waals surface area contributed by atoms with E-state index in [2.05, 4.69) is 20.8 Å². The van der Waals surface area contributed by atoms with Crippen molar-refractivity contribution in [3.8, 4) is 5.69 Å². The van der Waals surface area contributed by atoms with Gasteiger partial charge in [0, 0.05) is 9.26 Å². The highest BCUT2D eigenvalue weighted by Crippen LogP contribution is 2.20. The Balaban J connectivity index is 1.86. The van der Waals surface area contributed by atoms with Gasteiger partial charge in [0.15, 0.2) is 0 Å². The molecule has 0 bridgehead atoms. The maximum atomic E-state index is 13.2. The van der Waals surface area contributed by atoms with Crippen LogP contribution >= 0.6 is 34.4 Å². The Hall–Kier alpha value is -2.01. The van der Waals surface area contributed by atoms with E-state index in [1.54, 1.807) is 22.9 Å². The number of aromatic nitrogens is 4. The van der Waals surface area contributed by atoms with E-state index in [0.717, 1.165) is 5.69 Å². The number of tetrazole rings is 1. The fourth-order valence-corrected chi connectivity index (χ4v) is 3.21. The average molecular weight is 455 g/mol. The van der Waals surface area contributed by atoms with Crippen LogP contribution in [0.1, 0.15) is 10.4 Å². The molecule has 0 aliphatic heterocycles. The van der Waals surface area contributed by atoms with Gasteiger partial charge in [0.25, 0.3) is 5.91 Å². The molecule has 1 heterocycles. The van der Waals surface area contributed by atoms with E-state index in [0.29, 0.717) is 20.0 Å². The third kappa shape index (κ3) is 3.56. The van der Waals surface area contributed by atoms with Gasteiger partial charge in [0.1, 0.15) is 5.82 Å². The van der Waals surface area contributed by atoms with Gasteiger partial charge < -0.3 is 5.32 Å². The van der Waals surface area contributed by atoms with E-state index >= 15 is 0 Å².